The van der Waals surface area contributed by atoms with Crippen molar-refractivity contribution < 1.29 is 0 Å². The van der Waals surface area contributed by atoms with Gasteiger partial charge in [-0.15, -0.1) is 11.3 Å². The minimum Gasteiger partial charge on any atom is -0.310 e. The number of hydrogen-bond acceptors (Lipinski definition) is 3. The average Bonchev–Trinajstić information content (AvgIpc) is 3.06. The predicted octanol–water partition coefficient (Wildman–Crippen LogP) is 4.91. The van der Waals surface area contributed by atoms with E-state index >= 15 is 0 Å². The summed E-state index contributed by atoms with van der Waals surface area (Å²) in [5.74, 6) is 0. The molecule has 18 heavy (non-hydrogen) atoms. The van der Waals surface area contributed by atoms with Crippen molar-refractivity contribution in [1.82, 2.24) is 5.32 Å². The zero-order chi connectivity index (χ0) is 12.4. The van der Waals surface area contributed by atoms with Gasteiger partial charge in [-0.05, 0) is 48.1 Å². The quantitative estimate of drug-likeness (QED) is 0.830. The molecule has 1 saturated carbocycles. The van der Waals surface area contributed by atoms with E-state index in [-0.39, 0.29) is 0 Å². The summed E-state index contributed by atoms with van der Waals surface area (Å²) < 4.78 is 2.51. The van der Waals surface area contributed by atoms with Gasteiger partial charge in [0, 0.05) is 22.0 Å². The van der Waals surface area contributed by atoms with Gasteiger partial charge in [0.1, 0.15) is 0 Å². The number of rotatable bonds is 5. The van der Waals surface area contributed by atoms with Crippen molar-refractivity contribution in [2.24, 2.45) is 0 Å². The van der Waals surface area contributed by atoms with Gasteiger partial charge >= 0.3 is 0 Å². The highest BCUT2D eigenvalue weighted by Crippen LogP contribution is 2.35. The highest BCUT2D eigenvalue weighted by Gasteiger charge is 2.20. The second kappa shape index (κ2) is 5.78. The Hall–Kier alpha value is -0.290. The van der Waals surface area contributed by atoms with E-state index in [2.05, 4.69) is 57.0 Å². The molecular formula is C14H14BrNS2. The summed E-state index contributed by atoms with van der Waals surface area (Å²) in [7, 11) is 0. The molecule has 3 rings (SSSR count). The van der Waals surface area contributed by atoms with Crippen LogP contribution in [-0.2, 0) is 6.54 Å². The van der Waals surface area contributed by atoms with Gasteiger partial charge in [-0.3, -0.25) is 0 Å². The van der Waals surface area contributed by atoms with Gasteiger partial charge in [0.25, 0.3) is 0 Å². The van der Waals surface area contributed by atoms with Gasteiger partial charge < -0.3 is 5.32 Å². The van der Waals surface area contributed by atoms with E-state index in [1.807, 2.05) is 11.8 Å². The Bertz CT molecular complexity index is 521. The molecule has 1 aliphatic rings. The monoisotopic (exact) mass is 339 g/mol. The molecule has 0 aliphatic heterocycles. The molecule has 1 aliphatic carbocycles. The lowest BCUT2D eigenvalue weighted by Gasteiger charge is -2.10. The zero-order valence-corrected chi connectivity index (χ0v) is 13.1. The lowest BCUT2D eigenvalue weighted by atomic mass is 10.2. The summed E-state index contributed by atoms with van der Waals surface area (Å²) in [6.45, 7) is 0.970. The molecule has 0 amide bonds. The van der Waals surface area contributed by atoms with E-state index in [9.17, 15) is 0 Å². The fraction of sp³-hybridized carbons (Fsp3) is 0.286. The minimum absolute atomic E-state index is 0.753. The molecule has 1 aromatic carbocycles. The Morgan fingerprint density at radius 2 is 2.22 bits per heavy atom. The second-order valence-corrected chi connectivity index (χ2v) is 7.65. The SMILES string of the molecule is Brc1ccc(Sc2cccs2)c(CNC2CC2)c1. The first-order chi connectivity index (χ1) is 8.81. The lowest BCUT2D eigenvalue weighted by Crippen LogP contribution is -2.15. The van der Waals surface area contributed by atoms with E-state index in [1.165, 1.54) is 27.5 Å². The molecule has 0 bridgehead atoms. The molecule has 94 valence electrons. The van der Waals surface area contributed by atoms with Gasteiger partial charge in [-0.25, -0.2) is 0 Å². The first-order valence-corrected chi connectivity index (χ1v) is 8.53. The van der Waals surface area contributed by atoms with Crippen molar-refractivity contribution in [1.29, 1.82) is 0 Å². The van der Waals surface area contributed by atoms with Crippen LogP contribution >= 0.6 is 39.0 Å². The van der Waals surface area contributed by atoms with Crippen LogP contribution in [0, 0.1) is 0 Å². The summed E-state index contributed by atoms with van der Waals surface area (Å²) in [6, 6.07) is 11.6. The number of halogens is 1. The van der Waals surface area contributed by atoms with Crippen LogP contribution in [0.15, 0.2) is 49.3 Å². The zero-order valence-electron chi connectivity index (χ0n) is 9.86. The first kappa shape index (κ1) is 12.7. The van der Waals surface area contributed by atoms with Crippen molar-refractivity contribution in [3.63, 3.8) is 0 Å². The standard InChI is InChI=1S/C14H14BrNS2/c15-11-3-6-13(18-14-2-1-7-17-14)10(8-11)9-16-12-4-5-12/h1-3,6-8,12,16H,4-5,9H2. The molecule has 1 aromatic heterocycles. The summed E-state index contributed by atoms with van der Waals surface area (Å²) in [4.78, 5) is 1.36. The van der Waals surface area contributed by atoms with E-state index < -0.39 is 0 Å². The minimum atomic E-state index is 0.753. The molecule has 1 fully saturated rings. The third-order valence-corrected chi connectivity index (χ3v) is 5.54. The van der Waals surface area contributed by atoms with Gasteiger partial charge in [-0.2, -0.15) is 0 Å². The smallest absolute Gasteiger partial charge is 0.0646 e. The predicted molar refractivity (Wildman–Crippen MR) is 82.4 cm³/mol. The van der Waals surface area contributed by atoms with Gasteiger partial charge in [0.2, 0.25) is 0 Å². The molecular weight excluding hydrogens is 326 g/mol. The topological polar surface area (TPSA) is 12.0 Å². The van der Waals surface area contributed by atoms with Gasteiger partial charge in [0.05, 0.1) is 4.21 Å². The molecule has 2 aromatic rings. The van der Waals surface area contributed by atoms with Crippen LogP contribution in [0.25, 0.3) is 0 Å². The molecule has 0 unspecified atom stereocenters. The Kier molecular flexibility index (Phi) is 4.09. The lowest BCUT2D eigenvalue weighted by molar-refractivity contribution is 0.680. The molecule has 0 atom stereocenters. The van der Waals surface area contributed by atoms with Crippen molar-refractivity contribution in [2.45, 2.75) is 34.5 Å². The highest BCUT2D eigenvalue weighted by molar-refractivity contribution is 9.10. The largest absolute Gasteiger partial charge is 0.310 e. The Labute approximate surface area is 124 Å². The van der Waals surface area contributed by atoms with Crippen LogP contribution < -0.4 is 5.32 Å². The molecule has 1 heterocycles. The van der Waals surface area contributed by atoms with E-state index in [1.54, 1.807) is 11.3 Å². The van der Waals surface area contributed by atoms with Crippen LogP contribution in [0.3, 0.4) is 0 Å². The number of thiophene rings is 1. The van der Waals surface area contributed by atoms with E-state index in [0.717, 1.165) is 17.1 Å². The third kappa shape index (κ3) is 3.38. The Balaban J connectivity index is 1.77. The maximum absolute atomic E-state index is 3.59. The number of benzene rings is 1. The first-order valence-electron chi connectivity index (χ1n) is 6.04. The molecule has 0 saturated heterocycles. The molecule has 1 N–H and O–H groups in total. The van der Waals surface area contributed by atoms with Crippen LogP contribution in [-0.4, -0.2) is 6.04 Å². The second-order valence-electron chi connectivity index (χ2n) is 4.44. The van der Waals surface area contributed by atoms with Crippen molar-refractivity contribution in [3.05, 3.63) is 45.7 Å². The number of nitrogens with one attached hydrogen (secondary N) is 1. The van der Waals surface area contributed by atoms with Crippen LogP contribution in [0.2, 0.25) is 0 Å². The van der Waals surface area contributed by atoms with Crippen molar-refractivity contribution in [2.75, 3.05) is 0 Å². The van der Waals surface area contributed by atoms with Crippen LogP contribution in [0.4, 0.5) is 0 Å². The summed E-state index contributed by atoms with van der Waals surface area (Å²) >= 11 is 7.22. The maximum Gasteiger partial charge on any atom is 0.0646 e. The van der Waals surface area contributed by atoms with Gasteiger partial charge in [-0.1, -0.05) is 33.8 Å². The highest BCUT2D eigenvalue weighted by atomic mass is 79.9. The summed E-state index contributed by atoms with van der Waals surface area (Å²) in [5.41, 5.74) is 1.38. The fourth-order valence-corrected chi connectivity index (χ4v) is 4.00. The van der Waals surface area contributed by atoms with Crippen LogP contribution in [0.1, 0.15) is 18.4 Å². The molecule has 0 spiro atoms. The van der Waals surface area contributed by atoms with Crippen molar-refractivity contribution in [3.8, 4) is 0 Å². The molecule has 4 heteroatoms. The Morgan fingerprint density at radius 1 is 1.33 bits per heavy atom. The molecule has 1 nitrogen and oxygen atoms in total. The fourth-order valence-electron chi connectivity index (χ4n) is 1.76. The molecule has 0 radical (unpaired) electrons. The Morgan fingerprint density at radius 3 is 2.94 bits per heavy atom. The number of hydrogen-bond donors (Lipinski definition) is 1. The van der Waals surface area contributed by atoms with Gasteiger partial charge in [0.15, 0.2) is 0 Å². The van der Waals surface area contributed by atoms with E-state index in [0.29, 0.717) is 0 Å². The average molecular weight is 340 g/mol. The maximum atomic E-state index is 3.59. The normalized spacial score (nSPS) is 14.9. The summed E-state index contributed by atoms with van der Waals surface area (Å²) in [6.07, 6.45) is 2.67. The van der Waals surface area contributed by atoms with Crippen LogP contribution in [0.5, 0.6) is 0 Å². The third-order valence-electron chi connectivity index (χ3n) is 2.89. The summed E-state index contributed by atoms with van der Waals surface area (Å²) in [5, 5.41) is 5.72. The van der Waals surface area contributed by atoms with Crippen molar-refractivity contribution >= 4 is 39.0 Å². The van der Waals surface area contributed by atoms with E-state index in [4.69, 9.17) is 0 Å².